The van der Waals surface area contributed by atoms with Crippen LogP contribution >= 0.6 is 0 Å². The van der Waals surface area contributed by atoms with E-state index in [1.54, 1.807) is 0 Å². The van der Waals surface area contributed by atoms with E-state index in [4.69, 9.17) is 0 Å². The molecular formula is C12H22N2O2. The summed E-state index contributed by atoms with van der Waals surface area (Å²) < 4.78 is 0. The lowest BCUT2D eigenvalue weighted by Gasteiger charge is -2.40. The Morgan fingerprint density at radius 3 is 2.38 bits per heavy atom. The Morgan fingerprint density at radius 1 is 1.31 bits per heavy atom. The standard InChI is InChI=1S/C12H22N2O2/c1-10-8-12(11(15)16,9-13(10)2)14-6-4-3-5-7-14/h10H,3-9H2,1-2H3,(H,15,16). The van der Waals surface area contributed by atoms with Gasteiger partial charge in [0.2, 0.25) is 0 Å². The van der Waals surface area contributed by atoms with Gasteiger partial charge in [-0.05, 0) is 46.3 Å². The van der Waals surface area contributed by atoms with Crippen molar-refractivity contribution in [1.29, 1.82) is 0 Å². The molecule has 0 bridgehead atoms. The van der Waals surface area contributed by atoms with E-state index in [1.807, 2.05) is 7.05 Å². The highest BCUT2D eigenvalue weighted by Gasteiger charge is 2.51. The van der Waals surface area contributed by atoms with Crippen molar-refractivity contribution in [3.8, 4) is 0 Å². The zero-order chi connectivity index (χ0) is 11.8. The molecule has 0 amide bonds. The molecule has 0 aromatic heterocycles. The molecule has 4 nitrogen and oxygen atoms in total. The fourth-order valence-electron chi connectivity index (χ4n) is 3.12. The van der Waals surface area contributed by atoms with Gasteiger partial charge in [-0.15, -0.1) is 0 Å². The van der Waals surface area contributed by atoms with Gasteiger partial charge in [-0.3, -0.25) is 9.69 Å². The van der Waals surface area contributed by atoms with Gasteiger partial charge >= 0.3 is 5.97 Å². The van der Waals surface area contributed by atoms with Gasteiger partial charge in [0.25, 0.3) is 0 Å². The molecule has 92 valence electrons. The molecule has 0 spiro atoms. The van der Waals surface area contributed by atoms with Crippen molar-refractivity contribution < 1.29 is 9.90 Å². The second-order valence-electron chi connectivity index (χ2n) is 5.35. The lowest BCUT2D eigenvalue weighted by molar-refractivity contribution is -0.151. The Bertz CT molecular complexity index is 264. The highest BCUT2D eigenvalue weighted by molar-refractivity contribution is 5.80. The van der Waals surface area contributed by atoms with E-state index in [2.05, 4.69) is 16.7 Å². The summed E-state index contributed by atoms with van der Waals surface area (Å²) in [6.07, 6.45) is 4.30. The van der Waals surface area contributed by atoms with E-state index < -0.39 is 11.5 Å². The summed E-state index contributed by atoms with van der Waals surface area (Å²) in [6.45, 7) is 4.69. The van der Waals surface area contributed by atoms with E-state index in [-0.39, 0.29) is 0 Å². The van der Waals surface area contributed by atoms with E-state index in [1.165, 1.54) is 6.42 Å². The average molecular weight is 226 g/mol. The summed E-state index contributed by atoms with van der Waals surface area (Å²) in [5.41, 5.74) is -0.616. The van der Waals surface area contributed by atoms with Gasteiger partial charge in [0, 0.05) is 12.6 Å². The Morgan fingerprint density at radius 2 is 1.94 bits per heavy atom. The predicted octanol–water partition coefficient (Wildman–Crippen LogP) is 1.02. The molecule has 4 heteroatoms. The van der Waals surface area contributed by atoms with Crippen LogP contribution in [0.5, 0.6) is 0 Å². The molecule has 2 heterocycles. The van der Waals surface area contributed by atoms with Crippen molar-refractivity contribution in [2.45, 2.75) is 44.2 Å². The van der Waals surface area contributed by atoms with Gasteiger partial charge in [0.15, 0.2) is 0 Å². The first-order chi connectivity index (χ1) is 7.56. The van der Waals surface area contributed by atoms with Crippen molar-refractivity contribution in [3.05, 3.63) is 0 Å². The van der Waals surface area contributed by atoms with Crippen LogP contribution in [0.2, 0.25) is 0 Å². The van der Waals surface area contributed by atoms with Crippen LogP contribution in [0.4, 0.5) is 0 Å². The molecule has 0 saturated carbocycles. The second kappa shape index (κ2) is 4.34. The van der Waals surface area contributed by atoms with Crippen molar-refractivity contribution in [2.24, 2.45) is 0 Å². The van der Waals surface area contributed by atoms with Crippen LogP contribution in [0.3, 0.4) is 0 Å². The SMILES string of the molecule is CC1CC(C(=O)O)(N2CCCCC2)CN1C. The summed E-state index contributed by atoms with van der Waals surface area (Å²) in [7, 11) is 2.03. The average Bonchev–Trinajstić information content (AvgIpc) is 2.58. The number of piperidine rings is 1. The molecule has 0 aromatic carbocycles. The Balaban J connectivity index is 2.19. The first kappa shape index (κ1) is 11.9. The molecule has 2 saturated heterocycles. The first-order valence-corrected chi connectivity index (χ1v) is 6.25. The van der Waals surface area contributed by atoms with E-state index in [9.17, 15) is 9.90 Å². The number of carbonyl (C=O) groups is 1. The molecular weight excluding hydrogens is 204 g/mol. The van der Waals surface area contributed by atoms with Crippen molar-refractivity contribution >= 4 is 5.97 Å². The van der Waals surface area contributed by atoms with Gasteiger partial charge in [0.1, 0.15) is 5.54 Å². The lowest BCUT2D eigenvalue weighted by atomic mass is 9.91. The monoisotopic (exact) mass is 226 g/mol. The van der Waals surface area contributed by atoms with Crippen molar-refractivity contribution in [1.82, 2.24) is 9.80 Å². The summed E-state index contributed by atoms with van der Waals surface area (Å²) in [5, 5.41) is 9.58. The van der Waals surface area contributed by atoms with E-state index in [0.29, 0.717) is 12.6 Å². The molecule has 2 aliphatic rings. The van der Waals surface area contributed by atoms with Gasteiger partial charge in [0.05, 0.1) is 0 Å². The second-order valence-corrected chi connectivity index (χ2v) is 5.35. The minimum absolute atomic E-state index is 0.373. The van der Waals surface area contributed by atoms with Crippen LogP contribution in [0.15, 0.2) is 0 Å². The van der Waals surface area contributed by atoms with Crippen LogP contribution in [-0.4, -0.2) is 59.1 Å². The van der Waals surface area contributed by atoms with Crippen LogP contribution in [0, 0.1) is 0 Å². The van der Waals surface area contributed by atoms with Crippen LogP contribution in [0.1, 0.15) is 32.6 Å². The Labute approximate surface area is 97.2 Å². The minimum atomic E-state index is -0.634. The third-order valence-corrected chi connectivity index (χ3v) is 4.26. The number of rotatable bonds is 2. The molecule has 1 N–H and O–H groups in total. The summed E-state index contributed by atoms with van der Waals surface area (Å²) in [5.74, 6) is -0.634. The molecule has 2 atom stereocenters. The molecule has 0 aliphatic carbocycles. The fraction of sp³-hybridized carbons (Fsp3) is 0.917. The summed E-state index contributed by atoms with van der Waals surface area (Å²) in [6, 6.07) is 0.373. The molecule has 2 rings (SSSR count). The first-order valence-electron chi connectivity index (χ1n) is 6.25. The molecule has 2 unspecified atom stereocenters. The summed E-state index contributed by atoms with van der Waals surface area (Å²) >= 11 is 0. The van der Waals surface area contributed by atoms with E-state index >= 15 is 0 Å². The molecule has 2 fully saturated rings. The highest BCUT2D eigenvalue weighted by Crippen LogP contribution is 2.33. The number of hydrogen-bond donors (Lipinski definition) is 1. The molecule has 16 heavy (non-hydrogen) atoms. The van der Waals surface area contributed by atoms with Crippen LogP contribution in [-0.2, 0) is 4.79 Å². The minimum Gasteiger partial charge on any atom is -0.480 e. The van der Waals surface area contributed by atoms with Gasteiger partial charge in [-0.2, -0.15) is 0 Å². The smallest absolute Gasteiger partial charge is 0.325 e. The number of likely N-dealkylation sites (tertiary alicyclic amines) is 2. The third kappa shape index (κ3) is 1.84. The van der Waals surface area contributed by atoms with Crippen molar-refractivity contribution in [2.75, 3.05) is 26.7 Å². The maximum atomic E-state index is 11.6. The van der Waals surface area contributed by atoms with Crippen LogP contribution < -0.4 is 0 Å². The van der Waals surface area contributed by atoms with E-state index in [0.717, 1.165) is 32.4 Å². The molecule has 0 aromatic rings. The number of likely N-dealkylation sites (N-methyl/N-ethyl adjacent to an activating group) is 1. The normalized spacial score (nSPS) is 37.8. The Hall–Kier alpha value is -0.610. The predicted molar refractivity (Wildman–Crippen MR) is 62.5 cm³/mol. The van der Waals surface area contributed by atoms with Crippen LogP contribution in [0.25, 0.3) is 0 Å². The Kier molecular flexibility index (Phi) is 3.22. The van der Waals surface area contributed by atoms with Crippen molar-refractivity contribution in [3.63, 3.8) is 0 Å². The maximum absolute atomic E-state index is 11.6. The highest BCUT2D eigenvalue weighted by atomic mass is 16.4. The zero-order valence-electron chi connectivity index (χ0n) is 10.3. The maximum Gasteiger partial charge on any atom is 0.325 e. The third-order valence-electron chi connectivity index (χ3n) is 4.26. The topological polar surface area (TPSA) is 43.8 Å². The number of nitrogens with zero attached hydrogens (tertiary/aromatic N) is 2. The number of hydrogen-bond acceptors (Lipinski definition) is 3. The number of carboxylic acid groups (broad SMARTS) is 1. The van der Waals surface area contributed by atoms with Gasteiger partial charge in [-0.1, -0.05) is 6.42 Å². The zero-order valence-corrected chi connectivity index (χ0v) is 10.3. The quantitative estimate of drug-likeness (QED) is 0.763. The molecule has 2 aliphatic heterocycles. The fourth-order valence-corrected chi connectivity index (χ4v) is 3.12. The number of carboxylic acids is 1. The largest absolute Gasteiger partial charge is 0.480 e. The summed E-state index contributed by atoms with van der Waals surface area (Å²) in [4.78, 5) is 16.0. The molecule has 0 radical (unpaired) electrons. The lowest BCUT2D eigenvalue weighted by Crippen LogP contribution is -2.57. The number of aliphatic carboxylic acids is 1. The van der Waals surface area contributed by atoms with Gasteiger partial charge < -0.3 is 10.0 Å². The van der Waals surface area contributed by atoms with Gasteiger partial charge in [-0.25, -0.2) is 0 Å².